The fraction of sp³-hybridized carbons (Fsp3) is 0.632. The molecule has 6 heteroatoms. The number of amides is 1. The van der Waals surface area contributed by atoms with Gasteiger partial charge in [0.15, 0.2) is 6.61 Å². The van der Waals surface area contributed by atoms with E-state index in [0.29, 0.717) is 13.2 Å². The molecule has 2 saturated heterocycles. The van der Waals surface area contributed by atoms with Gasteiger partial charge >= 0.3 is 0 Å². The van der Waals surface area contributed by atoms with Crippen molar-refractivity contribution in [2.45, 2.75) is 50.0 Å². The van der Waals surface area contributed by atoms with E-state index in [1.807, 2.05) is 29.2 Å². The highest BCUT2D eigenvalue weighted by Crippen LogP contribution is 2.35. The first kappa shape index (κ1) is 16.8. The first-order valence-corrected chi connectivity index (χ1v) is 9.22. The minimum atomic E-state index is -0.0847. The quantitative estimate of drug-likeness (QED) is 0.773. The summed E-state index contributed by atoms with van der Waals surface area (Å²) in [6, 6.07) is 7.70. The third-order valence-electron chi connectivity index (χ3n) is 5.51. The highest BCUT2D eigenvalue weighted by Gasteiger charge is 2.35. The molecule has 0 aromatic heterocycles. The first-order valence-electron chi connectivity index (χ1n) is 9.22. The van der Waals surface area contributed by atoms with E-state index in [2.05, 4.69) is 0 Å². The van der Waals surface area contributed by atoms with Gasteiger partial charge in [-0.25, -0.2) is 0 Å². The van der Waals surface area contributed by atoms with Crippen LogP contribution in [0.2, 0.25) is 0 Å². The number of fused-ring (bicyclic) bond motifs is 5. The van der Waals surface area contributed by atoms with Gasteiger partial charge in [0, 0.05) is 18.2 Å². The van der Waals surface area contributed by atoms with Crippen LogP contribution in [0.4, 0.5) is 0 Å². The third kappa shape index (κ3) is 3.52. The van der Waals surface area contributed by atoms with Gasteiger partial charge in [-0.05, 0) is 31.7 Å². The number of nitrogens with two attached hydrogens (primary N) is 1. The zero-order chi connectivity index (χ0) is 17.2. The van der Waals surface area contributed by atoms with Crippen LogP contribution in [-0.4, -0.2) is 55.4 Å². The Morgan fingerprint density at radius 3 is 2.80 bits per heavy atom. The predicted octanol–water partition coefficient (Wildman–Crippen LogP) is 1.63. The van der Waals surface area contributed by atoms with Crippen LogP contribution in [-0.2, 0) is 14.3 Å². The normalized spacial score (nSPS) is 33.3. The molecule has 0 radical (unpaired) electrons. The molecule has 0 aliphatic carbocycles. The van der Waals surface area contributed by atoms with Crippen molar-refractivity contribution in [1.29, 1.82) is 0 Å². The Morgan fingerprint density at radius 1 is 1.08 bits per heavy atom. The van der Waals surface area contributed by atoms with Crippen LogP contribution >= 0.6 is 0 Å². The van der Waals surface area contributed by atoms with E-state index in [1.54, 1.807) is 0 Å². The number of hydrogen-bond acceptors (Lipinski definition) is 5. The summed E-state index contributed by atoms with van der Waals surface area (Å²) in [5.41, 5.74) is 7.30. The van der Waals surface area contributed by atoms with Gasteiger partial charge < -0.3 is 24.8 Å². The Bertz CT molecular complexity index is 615. The number of carbonyl (C=O) groups excluding carboxylic acids is 1. The van der Waals surface area contributed by atoms with Gasteiger partial charge in [0.05, 0.1) is 31.5 Å². The summed E-state index contributed by atoms with van der Waals surface area (Å²) >= 11 is 0. The topological polar surface area (TPSA) is 74.0 Å². The summed E-state index contributed by atoms with van der Waals surface area (Å²) < 4.78 is 18.0. The third-order valence-corrected chi connectivity index (χ3v) is 5.51. The molecule has 1 amide bonds. The van der Waals surface area contributed by atoms with Crippen LogP contribution in [0.15, 0.2) is 24.3 Å². The summed E-state index contributed by atoms with van der Waals surface area (Å²) in [6.07, 6.45) is 3.74. The van der Waals surface area contributed by atoms with Crippen LogP contribution in [0.25, 0.3) is 0 Å². The van der Waals surface area contributed by atoms with E-state index in [0.717, 1.165) is 43.5 Å². The van der Waals surface area contributed by atoms with Gasteiger partial charge in [0.1, 0.15) is 5.75 Å². The van der Waals surface area contributed by atoms with E-state index >= 15 is 0 Å². The smallest absolute Gasteiger partial charge is 0.260 e. The maximum absolute atomic E-state index is 12.7. The number of para-hydroxylation sites is 1. The van der Waals surface area contributed by atoms with Crippen LogP contribution in [0.1, 0.15) is 37.4 Å². The van der Waals surface area contributed by atoms with E-state index < -0.39 is 0 Å². The molecule has 5 rings (SSSR count). The molecule has 4 aliphatic rings. The highest BCUT2D eigenvalue weighted by molar-refractivity contribution is 5.78. The SMILES string of the molecule is NC1CCCN2C(=O)COc3ccccc3[C@@H]3CC[C@@H](CO3)OCC12. The molecule has 25 heavy (non-hydrogen) atoms. The summed E-state index contributed by atoms with van der Waals surface area (Å²) in [4.78, 5) is 14.6. The average molecular weight is 346 g/mol. The lowest BCUT2D eigenvalue weighted by molar-refractivity contribution is -0.142. The van der Waals surface area contributed by atoms with Crippen molar-refractivity contribution in [2.75, 3.05) is 26.4 Å². The van der Waals surface area contributed by atoms with Gasteiger partial charge in [-0.1, -0.05) is 18.2 Å². The minimum Gasteiger partial charge on any atom is -0.483 e. The van der Waals surface area contributed by atoms with Crippen molar-refractivity contribution in [3.05, 3.63) is 29.8 Å². The molecule has 4 aliphatic heterocycles. The van der Waals surface area contributed by atoms with E-state index in [1.165, 1.54) is 0 Å². The van der Waals surface area contributed by atoms with Crippen LogP contribution in [0, 0.1) is 0 Å². The maximum atomic E-state index is 12.7. The number of nitrogens with zero attached hydrogens (tertiary/aromatic N) is 1. The molecule has 1 aromatic carbocycles. The highest BCUT2D eigenvalue weighted by atomic mass is 16.5. The number of hydrogen-bond donors (Lipinski definition) is 1. The van der Waals surface area contributed by atoms with Gasteiger partial charge in [-0.3, -0.25) is 4.79 Å². The molecule has 1 aromatic rings. The van der Waals surface area contributed by atoms with Gasteiger partial charge in [-0.15, -0.1) is 0 Å². The van der Waals surface area contributed by atoms with Crippen molar-refractivity contribution in [3.63, 3.8) is 0 Å². The molecule has 136 valence electrons. The molecule has 2 fully saturated rings. The number of ether oxygens (including phenoxy) is 3. The maximum Gasteiger partial charge on any atom is 0.260 e. The molecule has 6 nitrogen and oxygen atoms in total. The summed E-state index contributed by atoms with van der Waals surface area (Å²) in [5.74, 6) is 0.711. The summed E-state index contributed by atoms with van der Waals surface area (Å²) in [7, 11) is 0. The standard InChI is InChI=1S/C19H26N2O4/c20-15-5-3-9-21-16(15)11-23-13-7-8-18(24-10-13)14-4-1-2-6-17(14)25-12-19(21)22/h1-2,4,6,13,15-16,18H,3,5,7-12,20H2/t13-,15?,16?,18-/m0/s1. The Labute approximate surface area is 148 Å². The Hall–Kier alpha value is -1.63. The fourth-order valence-electron chi connectivity index (χ4n) is 4.05. The minimum absolute atomic E-state index is 0.00301. The molecule has 2 bridgehead atoms. The van der Waals surface area contributed by atoms with E-state index in [-0.39, 0.29) is 36.8 Å². The molecule has 2 N–H and O–H groups in total. The van der Waals surface area contributed by atoms with Gasteiger partial charge in [-0.2, -0.15) is 0 Å². The Balaban J connectivity index is 1.61. The molecular formula is C19H26N2O4. The second-order valence-corrected chi connectivity index (χ2v) is 7.14. The number of carbonyl (C=O) groups is 1. The Morgan fingerprint density at radius 2 is 1.96 bits per heavy atom. The average Bonchev–Trinajstić information content (AvgIpc) is 2.66. The van der Waals surface area contributed by atoms with Crippen LogP contribution in [0.5, 0.6) is 5.75 Å². The predicted molar refractivity (Wildman–Crippen MR) is 92.3 cm³/mol. The lowest BCUT2D eigenvalue weighted by atomic mass is 9.97. The molecular weight excluding hydrogens is 320 g/mol. The van der Waals surface area contributed by atoms with E-state index in [4.69, 9.17) is 19.9 Å². The number of piperidine rings is 1. The zero-order valence-corrected chi connectivity index (χ0v) is 14.4. The van der Waals surface area contributed by atoms with Crippen molar-refractivity contribution >= 4 is 5.91 Å². The lowest BCUT2D eigenvalue weighted by Gasteiger charge is -2.40. The number of rotatable bonds is 0. The van der Waals surface area contributed by atoms with Crippen molar-refractivity contribution in [2.24, 2.45) is 5.73 Å². The monoisotopic (exact) mass is 346 g/mol. The van der Waals surface area contributed by atoms with Crippen molar-refractivity contribution in [1.82, 2.24) is 4.90 Å². The molecule has 4 atom stereocenters. The van der Waals surface area contributed by atoms with Crippen molar-refractivity contribution < 1.29 is 19.0 Å². The number of benzene rings is 1. The van der Waals surface area contributed by atoms with Gasteiger partial charge in [0.2, 0.25) is 0 Å². The second kappa shape index (κ2) is 7.32. The second-order valence-electron chi connectivity index (χ2n) is 7.14. The molecule has 0 spiro atoms. The van der Waals surface area contributed by atoms with Gasteiger partial charge in [0.25, 0.3) is 5.91 Å². The van der Waals surface area contributed by atoms with Crippen LogP contribution < -0.4 is 10.5 Å². The van der Waals surface area contributed by atoms with E-state index in [9.17, 15) is 4.79 Å². The fourth-order valence-corrected chi connectivity index (χ4v) is 4.05. The summed E-state index contributed by atoms with van der Waals surface area (Å²) in [5, 5.41) is 0. The first-order chi connectivity index (χ1) is 12.2. The molecule has 2 unspecified atom stereocenters. The summed E-state index contributed by atoms with van der Waals surface area (Å²) in [6.45, 7) is 1.78. The lowest BCUT2D eigenvalue weighted by Crippen LogP contribution is -2.57. The Kier molecular flexibility index (Phi) is 4.92. The van der Waals surface area contributed by atoms with Crippen LogP contribution in [0.3, 0.4) is 0 Å². The van der Waals surface area contributed by atoms with Crippen molar-refractivity contribution in [3.8, 4) is 5.75 Å². The zero-order valence-electron chi connectivity index (χ0n) is 14.4. The largest absolute Gasteiger partial charge is 0.483 e. The molecule has 4 heterocycles. The molecule has 0 saturated carbocycles.